The van der Waals surface area contributed by atoms with Crippen molar-refractivity contribution in [2.24, 2.45) is 11.3 Å². The number of benzene rings is 1. The molecule has 2 heteroatoms. The van der Waals surface area contributed by atoms with E-state index in [-0.39, 0.29) is 5.41 Å². The molecule has 0 spiro atoms. The smallest absolute Gasteiger partial charge is 0.0693 e. The summed E-state index contributed by atoms with van der Waals surface area (Å²) in [5, 5.41) is 9.50. The molecule has 2 aliphatic rings. The lowest BCUT2D eigenvalue weighted by Crippen LogP contribution is -2.46. The van der Waals surface area contributed by atoms with Crippen LogP contribution in [0.5, 0.6) is 0 Å². The molecule has 1 saturated heterocycles. The molecule has 19 heavy (non-hydrogen) atoms. The zero-order valence-electron chi connectivity index (χ0n) is 11.5. The molecule has 0 N–H and O–H groups in total. The summed E-state index contributed by atoms with van der Waals surface area (Å²) in [6.45, 7) is 3.34. The first kappa shape index (κ1) is 12.7. The van der Waals surface area contributed by atoms with Crippen LogP contribution in [-0.2, 0) is 6.54 Å². The maximum Gasteiger partial charge on any atom is 0.0693 e. The Morgan fingerprint density at radius 2 is 2.00 bits per heavy atom. The Morgan fingerprint density at radius 3 is 2.63 bits per heavy atom. The van der Waals surface area contributed by atoms with Crippen LogP contribution in [-0.4, -0.2) is 18.0 Å². The molecular formula is C17H22N2. The zero-order chi connectivity index (χ0) is 13.1. The van der Waals surface area contributed by atoms with Crippen LogP contribution >= 0.6 is 0 Å². The molecule has 2 fully saturated rings. The largest absolute Gasteiger partial charge is 0.299 e. The van der Waals surface area contributed by atoms with Gasteiger partial charge >= 0.3 is 0 Å². The standard InChI is InChI=1S/C17H22N2/c18-14-17(9-5-10-17)16-8-4-11-19(13-16)12-15-6-2-1-3-7-15/h1-3,6-7,16H,4-5,8-13H2. The summed E-state index contributed by atoms with van der Waals surface area (Å²) in [6.07, 6.45) is 6.02. The monoisotopic (exact) mass is 254 g/mol. The lowest BCUT2D eigenvalue weighted by molar-refractivity contribution is 0.0429. The third kappa shape index (κ3) is 2.53. The number of nitriles is 1. The van der Waals surface area contributed by atoms with Gasteiger partial charge < -0.3 is 0 Å². The van der Waals surface area contributed by atoms with Gasteiger partial charge in [-0.2, -0.15) is 5.26 Å². The van der Waals surface area contributed by atoms with E-state index in [4.69, 9.17) is 0 Å². The van der Waals surface area contributed by atoms with Gasteiger partial charge in [-0.1, -0.05) is 36.8 Å². The molecule has 0 radical (unpaired) electrons. The van der Waals surface area contributed by atoms with Crippen molar-refractivity contribution in [1.29, 1.82) is 5.26 Å². The Morgan fingerprint density at radius 1 is 1.21 bits per heavy atom. The zero-order valence-corrected chi connectivity index (χ0v) is 11.5. The first-order valence-electron chi connectivity index (χ1n) is 7.50. The predicted octanol–water partition coefficient (Wildman–Crippen LogP) is 3.59. The van der Waals surface area contributed by atoms with Gasteiger partial charge in [-0.3, -0.25) is 4.90 Å². The Hall–Kier alpha value is -1.33. The minimum absolute atomic E-state index is 0.0232. The molecule has 1 aliphatic carbocycles. The van der Waals surface area contributed by atoms with Crippen LogP contribution in [0.25, 0.3) is 0 Å². The molecule has 1 saturated carbocycles. The fourth-order valence-electron chi connectivity index (χ4n) is 3.66. The van der Waals surface area contributed by atoms with Gasteiger partial charge in [0.25, 0.3) is 0 Å². The van der Waals surface area contributed by atoms with E-state index < -0.39 is 0 Å². The van der Waals surface area contributed by atoms with E-state index in [0.29, 0.717) is 5.92 Å². The van der Waals surface area contributed by atoms with E-state index in [2.05, 4.69) is 41.3 Å². The molecule has 1 aromatic carbocycles. The highest BCUT2D eigenvalue weighted by molar-refractivity contribution is 5.15. The van der Waals surface area contributed by atoms with Gasteiger partial charge in [-0.15, -0.1) is 0 Å². The summed E-state index contributed by atoms with van der Waals surface area (Å²) in [6, 6.07) is 13.3. The van der Waals surface area contributed by atoms with Crippen molar-refractivity contribution in [3.63, 3.8) is 0 Å². The Bertz CT molecular complexity index is 456. The topological polar surface area (TPSA) is 27.0 Å². The van der Waals surface area contributed by atoms with Crippen molar-refractivity contribution >= 4 is 0 Å². The lowest BCUT2D eigenvalue weighted by atomic mass is 9.60. The van der Waals surface area contributed by atoms with Crippen LogP contribution < -0.4 is 0 Å². The minimum Gasteiger partial charge on any atom is -0.299 e. The van der Waals surface area contributed by atoms with Crippen molar-refractivity contribution in [1.82, 2.24) is 4.90 Å². The van der Waals surface area contributed by atoms with E-state index >= 15 is 0 Å². The molecule has 100 valence electrons. The summed E-state index contributed by atoms with van der Waals surface area (Å²) in [5.41, 5.74) is 1.41. The van der Waals surface area contributed by atoms with Crippen LogP contribution in [0.15, 0.2) is 30.3 Å². The van der Waals surface area contributed by atoms with Crippen molar-refractivity contribution in [3.05, 3.63) is 35.9 Å². The second kappa shape index (κ2) is 5.35. The summed E-state index contributed by atoms with van der Waals surface area (Å²) in [5.74, 6) is 0.601. The molecular weight excluding hydrogens is 232 g/mol. The molecule has 0 bridgehead atoms. The highest BCUT2D eigenvalue weighted by Gasteiger charge is 2.45. The first-order valence-corrected chi connectivity index (χ1v) is 7.50. The van der Waals surface area contributed by atoms with E-state index in [9.17, 15) is 5.26 Å². The number of likely N-dealkylation sites (tertiary alicyclic amines) is 1. The molecule has 1 aliphatic heterocycles. The SMILES string of the molecule is N#CC1(C2CCCN(Cc3ccccc3)C2)CCC1. The molecule has 1 atom stereocenters. The highest BCUT2D eigenvalue weighted by atomic mass is 15.1. The van der Waals surface area contributed by atoms with Gasteiger partial charge in [-0.05, 0) is 43.7 Å². The van der Waals surface area contributed by atoms with Gasteiger partial charge in [0.05, 0.1) is 11.5 Å². The number of piperidine rings is 1. The Balaban J connectivity index is 1.64. The fraction of sp³-hybridized carbons (Fsp3) is 0.588. The summed E-state index contributed by atoms with van der Waals surface area (Å²) < 4.78 is 0. The highest BCUT2D eigenvalue weighted by Crippen LogP contribution is 2.49. The van der Waals surface area contributed by atoms with Crippen LogP contribution in [0.3, 0.4) is 0 Å². The number of nitrogens with zero attached hydrogens (tertiary/aromatic N) is 2. The third-order valence-electron chi connectivity index (χ3n) is 5.00. The third-order valence-corrected chi connectivity index (χ3v) is 5.00. The van der Waals surface area contributed by atoms with Crippen molar-refractivity contribution < 1.29 is 0 Å². The Kier molecular flexibility index (Phi) is 3.57. The summed E-state index contributed by atoms with van der Waals surface area (Å²) >= 11 is 0. The minimum atomic E-state index is 0.0232. The van der Waals surface area contributed by atoms with E-state index in [1.165, 1.54) is 31.4 Å². The normalized spacial score (nSPS) is 26.4. The lowest BCUT2D eigenvalue weighted by Gasteiger charge is -2.46. The maximum absolute atomic E-state index is 9.50. The average Bonchev–Trinajstić information content (AvgIpc) is 2.40. The van der Waals surface area contributed by atoms with E-state index in [1.807, 2.05) is 0 Å². The fourth-order valence-corrected chi connectivity index (χ4v) is 3.66. The van der Waals surface area contributed by atoms with Crippen molar-refractivity contribution in [3.8, 4) is 6.07 Å². The molecule has 2 nitrogen and oxygen atoms in total. The quantitative estimate of drug-likeness (QED) is 0.824. The van der Waals surface area contributed by atoms with Gasteiger partial charge in [-0.25, -0.2) is 0 Å². The van der Waals surface area contributed by atoms with Crippen molar-refractivity contribution in [2.75, 3.05) is 13.1 Å². The summed E-state index contributed by atoms with van der Waals surface area (Å²) in [7, 11) is 0. The number of hydrogen-bond acceptors (Lipinski definition) is 2. The van der Waals surface area contributed by atoms with Crippen LogP contribution in [0.2, 0.25) is 0 Å². The molecule has 1 aromatic rings. The van der Waals surface area contributed by atoms with E-state index in [1.54, 1.807) is 0 Å². The van der Waals surface area contributed by atoms with Crippen LogP contribution in [0.4, 0.5) is 0 Å². The number of hydrogen-bond donors (Lipinski definition) is 0. The predicted molar refractivity (Wildman–Crippen MR) is 76.3 cm³/mol. The second-order valence-electron chi connectivity index (χ2n) is 6.18. The molecule has 1 unspecified atom stereocenters. The Labute approximate surface area is 116 Å². The van der Waals surface area contributed by atoms with Crippen molar-refractivity contribution in [2.45, 2.75) is 38.6 Å². The van der Waals surface area contributed by atoms with Gasteiger partial charge in [0.2, 0.25) is 0 Å². The molecule has 0 amide bonds. The number of rotatable bonds is 3. The van der Waals surface area contributed by atoms with E-state index in [0.717, 1.165) is 25.9 Å². The van der Waals surface area contributed by atoms with Gasteiger partial charge in [0.1, 0.15) is 0 Å². The van der Waals surface area contributed by atoms with Gasteiger partial charge in [0.15, 0.2) is 0 Å². The second-order valence-corrected chi connectivity index (χ2v) is 6.18. The van der Waals surface area contributed by atoms with Crippen LogP contribution in [0, 0.1) is 22.7 Å². The van der Waals surface area contributed by atoms with Gasteiger partial charge in [0, 0.05) is 13.1 Å². The summed E-state index contributed by atoms with van der Waals surface area (Å²) in [4.78, 5) is 2.54. The maximum atomic E-state index is 9.50. The molecule has 0 aromatic heterocycles. The average molecular weight is 254 g/mol. The van der Waals surface area contributed by atoms with Crippen LogP contribution in [0.1, 0.15) is 37.7 Å². The first-order chi connectivity index (χ1) is 9.32. The molecule has 1 heterocycles. The molecule has 3 rings (SSSR count).